The van der Waals surface area contributed by atoms with Crippen molar-refractivity contribution < 1.29 is 14.3 Å². The molecule has 0 aromatic heterocycles. The monoisotopic (exact) mass is 398 g/mol. The van der Waals surface area contributed by atoms with Gasteiger partial charge in [0.05, 0.1) is 13.2 Å². The Balaban J connectivity index is 1.86. The maximum Gasteiger partial charge on any atom is 0.411 e. The zero-order chi connectivity index (χ0) is 21.1. The Bertz CT molecular complexity index is 761. The van der Waals surface area contributed by atoms with Crippen molar-refractivity contribution in [3.63, 3.8) is 0 Å². The van der Waals surface area contributed by atoms with Crippen molar-refractivity contribution in [3.05, 3.63) is 65.7 Å². The van der Waals surface area contributed by atoms with E-state index in [2.05, 4.69) is 51.6 Å². The standard InChI is InChI=1S/C22H30N4O3/c1-4-26(5-2)20(18-9-7-6-8-10-18)16-24-21(27)23-15-17-11-13-19(14-12-17)25-22(28)29-3/h6-14,20H,4-5,15-16H2,1-3H3,(H,25,28)(H2,23,24,27). The molecule has 29 heavy (non-hydrogen) atoms. The summed E-state index contributed by atoms with van der Waals surface area (Å²) in [6.45, 7) is 6.98. The van der Waals surface area contributed by atoms with Crippen molar-refractivity contribution in [2.24, 2.45) is 0 Å². The van der Waals surface area contributed by atoms with Gasteiger partial charge in [0.1, 0.15) is 0 Å². The first kappa shape index (κ1) is 22.2. The number of amides is 3. The molecule has 0 aliphatic heterocycles. The van der Waals surface area contributed by atoms with Crippen LogP contribution in [-0.4, -0.2) is 43.8 Å². The molecule has 1 unspecified atom stereocenters. The number of ether oxygens (including phenoxy) is 1. The zero-order valence-electron chi connectivity index (χ0n) is 17.3. The fourth-order valence-electron chi connectivity index (χ4n) is 3.11. The lowest BCUT2D eigenvalue weighted by molar-refractivity contribution is 0.187. The predicted molar refractivity (Wildman–Crippen MR) is 115 cm³/mol. The van der Waals surface area contributed by atoms with Crippen LogP contribution in [0.5, 0.6) is 0 Å². The molecule has 0 spiro atoms. The summed E-state index contributed by atoms with van der Waals surface area (Å²) in [5, 5.41) is 8.44. The van der Waals surface area contributed by atoms with Crippen LogP contribution in [0.1, 0.15) is 31.0 Å². The lowest BCUT2D eigenvalue weighted by Crippen LogP contribution is -2.42. The van der Waals surface area contributed by atoms with Gasteiger partial charge >= 0.3 is 12.1 Å². The number of anilines is 1. The minimum absolute atomic E-state index is 0.126. The van der Waals surface area contributed by atoms with E-state index in [9.17, 15) is 9.59 Å². The smallest absolute Gasteiger partial charge is 0.411 e. The summed E-state index contributed by atoms with van der Waals surface area (Å²) in [4.78, 5) is 25.8. The number of hydrogen-bond donors (Lipinski definition) is 3. The third kappa shape index (κ3) is 7.12. The van der Waals surface area contributed by atoms with Gasteiger partial charge in [-0.25, -0.2) is 9.59 Å². The Morgan fingerprint density at radius 3 is 2.21 bits per heavy atom. The van der Waals surface area contributed by atoms with Crippen molar-refractivity contribution in [1.82, 2.24) is 15.5 Å². The largest absolute Gasteiger partial charge is 0.453 e. The summed E-state index contributed by atoms with van der Waals surface area (Å²) in [6.07, 6.45) is -0.517. The van der Waals surface area contributed by atoms with E-state index in [1.54, 1.807) is 12.1 Å². The fraction of sp³-hybridized carbons (Fsp3) is 0.364. The number of benzene rings is 2. The van der Waals surface area contributed by atoms with Gasteiger partial charge in [0, 0.05) is 18.8 Å². The van der Waals surface area contributed by atoms with Crippen molar-refractivity contribution >= 4 is 17.8 Å². The zero-order valence-corrected chi connectivity index (χ0v) is 17.3. The second-order valence-corrected chi connectivity index (χ2v) is 6.52. The summed E-state index contributed by atoms with van der Waals surface area (Å²) in [5.74, 6) is 0. The van der Waals surface area contributed by atoms with E-state index in [1.807, 2.05) is 30.3 Å². The number of hydrogen-bond acceptors (Lipinski definition) is 4. The SMILES string of the molecule is CCN(CC)C(CNC(=O)NCc1ccc(NC(=O)OC)cc1)c1ccccc1. The lowest BCUT2D eigenvalue weighted by atomic mass is 10.1. The minimum atomic E-state index is -0.517. The highest BCUT2D eigenvalue weighted by molar-refractivity contribution is 5.84. The van der Waals surface area contributed by atoms with Crippen molar-refractivity contribution in [1.29, 1.82) is 0 Å². The highest BCUT2D eigenvalue weighted by Crippen LogP contribution is 2.19. The fourth-order valence-corrected chi connectivity index (χ4v) is 3.11. The molecular weight excluding hydrogens is 368 g/mol. The van der Waals surface area contributed by atoms with Gasteiger partial charge in [-0.2, -0.15) is 0 Å². The summed E-state index contributed by atoms with van der Waals surface area (Å²) >= 11 is 0. The van der Waals surface area contributed by atoms with Crippen LogP contribution < -0.4 is 16.0 Å². The van der Waals surface area contributed by atoms with Crippen LogP contribution in [0.15, 0.2) is 54.6 Å². The van der Waals surface area contributed by atoms with Crippen LogP contribution in [0.25, 0.3) is 0 Å². The van der Waals surface area contributed by atoms with Crippen LogP contribution in [0, 0.1) is 0 Å². The second-order valence-electron chi connectivity index (χ2n) is 6.52. The van der Waals surface area contributed by atoms with Gasteiger partial charge in [-0.15, -0.1) is 0 Å². The summed E-state index contributed by atoms with van der Waals surface area (Å²) < 4.78 is 4.56. The van der Waals surface area contributed by atoms with Crippen LogP contribution in [-0.2, 0) is 11.3 Å². The lowest BCUT2D eigenvalue weighted by Gasteiger charge is -2.30. The van der Waals surface area contributed by atoms with Crippen molar-refractivity contribution in [2.45, 2.75) is 26.4 Å². The molecular formula is C22H30N4O3. The molecule has 3 amide bonds. The van der Waals surface area contributed by atoms with E-state index in [4.69, 9.17) is 0 Å². The summed E-state index contributed by atoms with van der Waals surface area (Å²) in [6, 6.07) is 17.3. The van der Waals surface area contributed by atoms with Gasteiger partial charge in [0.2, 0.25) is 0 Å². The van der Waals surface area contributed by atoms with E-state index in [1.165, 1.54) is 12.7 Å². The van der Waals surface area contributed by atoms with Crippen LogP contribution >= 0.6 is 0 Å². The Hall–Kier alpha value is -3.06. The topological polar surface area (TPSA) is 82.7 Å². The van der Waals surface area contributed by atoms with Crippen LogP contribution in [0.4, 0.5) is 15.3 Å². The third-order valence-corrected chi connectivity index (χ3v) is 4.73. The van der Waals surface area contributed by atoms with Gasteiger partial charge in [-0.3, -0.25) is 10.2 Å². The van der Waals surface area contributed by atoms with E-state index in [0.717, 1.165) is 18.7 Å². The molecule has 2 aromatic carbocycles. The summed E-state index contributed by atoms with van der Waals surface area (Å²) in [5.41, 5.74) is 2.75. The minimum Gasteiger partial charge on any atom is -0.453 e. The molecule has 3 N–H and O–H groups in total. The van der Waals surface area contributed by atoms with E-state index >= 15 is 0 Å². The number of rotatable bonds is 9. The van der Waals surface area contributed by atoms with E-state index in [-0.39, 0.29) is 12.1 Å². The highest BCUT2D eigenvalue weighted by Gasteiger charge is 2.18. The van der Waals surface area contributed by atoms with Crippen molar-refractivity contribution in [3.8, 4) is 0 Å². The van der Waals surface area contributed by atoms with Gasteiger partial charge in [0.25, 0.3) is 0 Å². The Kier molecular flexibility index (Phi) is 8.98. The normalized spacial score (nSPS) is 11.6. The molecule has 0 aliphatic carbocycles. The molecule has 7 nitrogen and oxygen atoms in total. The second kappa shape index (κ2) is 11.7. The van der Waals surface area contributed by atoms with E-state index in [0.29, 0.717) is 18.8 Å². The molecule has 1 atom stereocenters. The molecule has 0 fully saturated rings. The predicted octanol–water partition coefficient (Wildman–Crippen LogP) is 3.75. The number of carbonyl (C=O) groups excluding carboxylic acids is 2. The first-order chi connectivity index (χ1) is 14.1. The molecule has 7 heteroatoms. The van der Waals surface area contributed by atoms with Crippen molar-refractivity contribution in [2.75, 3.05) is 32.1 Å². The van der Waals surface area contributed by atoms with E-state index < -0.39 is 6.09 Å². The molecule has 2 aromatic rings. The maximum atomic E-state index is 12.3. The Morgan fingerprint density at radius 1 is 0.966 bits per heavy atom. The maximum absolute atomic E-state index is 12.3. The molecule has 0 heterocycles. The molecule has 0 saturated carbocycles. The first-order valence-corrected chi connectivity index (χ1v) is 9.82. The highest BCUT2D eigenvalue weighted by atomic mass is 16.5. The first-order valence-electron chi connectivity index (χ1n) is 9.82. The number of carbonyl (C=O) groups is 2. The molecule has 0 bridgehead atoms. The molecule has 0 saturated heterocycles. The third-order valence-electron chi connectivity index (χ3n) is 4.73. The van der Waals surface area contributed by atoms with Crippen LogP contribution in [0.3, 0.4) is 0 Å². The molecule has 0 aliphatic rings. The quantitative estimate of drug-likeness (QED) is 0.601. The average molecular weight is 399 g/mol. The van der Waals surface area contributed by atoms with Gasteiger partial charge in [-0.05, 0) is 36.3 Å². The molecule has 156 valence electrons. The Labute approximate surface area is 172 Å². The molecule has 0 radical (unpaired) electrons. The summed E-state index contributed by atoms with van der Waals surface area (Å²) in [7, 11) is 1.31. The van der Waals surface area contributed by atoms with Crippen LogP contribution in [0.2, 0.25) is 0 Å². The van der Waals surface area contributed by atoms with Gasteiger partial charge < -0.3 is 15.4 Å². The number of likely N-dealkylation sites (N-methyl/N-ethyl adjacent to an activating group) is 1. The number of urea groups is 1. The number of nitrogens with one attached hydrogen (secondary N) is 3. The molecule has 2 rings (SSSR count). The van der Waals surface area contributed by atoms with Gasteiger partial charge in [-0.1, -0.05) is 56.3 Å². The number of methoxy groups -OCH3 is 1. The number of nitrogens with zero attached hydrogens (tertiary/aromatic N) is 1. The van der Waals surface area contributed by atoms with Gasteiger partial charge in [0.15, 0.2) is 0 Å². The average Bonchev–Trinajstić information content (AvgIpc) is 2.76. The Morgan fingerprint density at radius 2 is 1.62 bits per heavy atom.